The molecule has 2 amide bonds. The average Bonchev–Trinajstić information content (AvgIpc) is 3.25. The number of halogens is 1. The molecule has 2 aromatic carbocycles. The van der Waals surface area contributed by atoms with Gasteiger partial charge in [0.05, 0.1) is 23.2 Å². The second-order valence-electron chi connectivity index (χ2n) is 8.94. The number of nitrogen functional groups attached to an aromatic ring is 1. The summed E-state index contributed by atoms with van der Waals surface area (Å²) in [6.07, 6.45) is 2.42. The minimum atomic E-state index is -0.352. The van der Waals surface area contributed by atoms with E-state index in [1.165, 1.54) is 6.07 Å². The molecular formula is C29H25FN6O2. The van der Waals surface area contributed by atoms with E-state index < -0.39 is 0 Å². The van der Waals surface area contributed by atoms with Crippen LogP contribution in [0.1, 0.15) is 38.3 Å². The lowest BCUT2D eigenvalue weighted by atomic mass is 10.1. The van der Waals surface area contributed by atoms with Gasteiger partial charge in [0.1, 0.15) is 11.5 Å². The molecule has 5 rings (SSSR count). The lowest BCUT2D eigenvalue weighted by Crippen LogP contribution is -2.31. The van der Waals surface area contributed by atoms with Crippen molar-refractivity contribution in [2.45, 2.75) is 19.4 Å². The molecule has 0 radical (unpaired) electrons. The van der Waals surface area contributed by atoms with Crippen LogP contribution in [0, 0.1) is 17.7 Å². The van der Waals surface area contributed by atoms with E-state index in [1.54, 1.807) is 30.5 Å². The van der Waals surface area contributed by atoms with Crippen molar-refractivity contribution in [1.29, 1.82) is 0 Å². The predicted octanol–water partition coefficient (Wildman–Crippen LogP) is 2.75. The SMILES string of the molecule is Cn1c(-c2nc(N)ncc2C#Cc2cccc(CC(=O)NCc3ccccc3F)c2)cc2c1CCNC2=O. The third-order valence-electron chi connectivity index (χ3n) is 6.37. The van der Waals surface area contributed by atoms with Gasteiger partial charge in [-0.3, -0.25) is 9.59 Å². The molecule has 4 N–H and O–H groups in total. The summed E-state index contributed by atoms with van der Waals surface area (Å²) in [5.74, 6) is 5.66. The summed E-state index contributed by atoms with van der Waals surface area (Å²) in [5, 5.41) is 5.61. The maximum Gasteiger partial charge on any atom is 0.253 e. The smallest absolute Gasteiger partial charge is 0.253 e. The Hall–Kier alpha value is -4.97. The van der Waals surface area contributed by atoms with Crippen molar-refractivity contribution in [2.75, 3.05) is 12.3 Å². The highest BCUT2D eigenvalue weighted by Crippen LogP contribution is 2.28. The zero-order valence-electron chi connectivity index (χ0n) is 20.7. The molecule has 0 bridgehead atoms. The highest BCUT2D eigenvalue weighted by molar-refractivity contribution is 5.98. The van der Waals surface area contributed by atoms with Crippen molar-refractivity contribution in [2.24, 2.45) is 7.05 Å². The topological polar surface area (TPSA) is 115 Å². The van der Waals surface area contributed by atoms with Gasteiger partial charge in [0.15, 0.2) is 0 Å². The Morgan fingerprint density at radius 3 is 2.84 bits per heavy atom. The van der Waals surface area contributed by atoms with Crippen LogP contribution >= 0.6 is 0 Å². The van der Waals surface area contributed by atoms with E-state index in [0.29, 0.717) is 34.5 Å². The Balaban J connectivity index is 1.36. The third kappa shape index (κ3) is 5.25. The maximum atomic E-state index is 13.8. The molecule has 0 saturated heterocycles. The fourth-order valence-corrected chi connectivity index (χ4v) is 4.42. The quantitative estimate of drug-likeness (QED) is 0.359. The number of nitrogens with two attached hydrogens (primary N) is 1. The fourth-order valence-electron chi connectivity index (χ4n) is 4.42. The van der Waals surface area contributed by atoms with Crippen LogP contribution in [0.25, 0.3) is 11.4 Å². The van der Waals surface area contributed by atoms with Gasteiger partial charge in [0.25, 0.3) is 5.91 Å². The Labute approximate surface area is 219 Å². The van der Waals surface area contributed by atoms with Crippen LogP contribution in [-0.4, -0.2) is 32.9 Å². The molecule has 38 heavy (non-hydrogen) atoms. The van der Waals surface area contributed by atoms with Gasteiger partial charge >= 0.3 is 0 Å². The van der Waals surface area contributed by atoms with Gasteiger partial charge in [0, 0.05) is 49.6 Å². The van der Waals surface area contributed by atoms with Gasteiger partial charge in [-0.15, -0.1) is 0 Å². The van der Waals surface area contributed by atoms with Crippen LogP contribution in [0.2, 0.25) is 0 Å². The first-order valence-electron chi connectivity index (χ1n) is 12.1. The van der Waals surface area contributed by atoms with Crippen LogP contribution in [0.15, 0.2) is 60.8 Å². The summed E-state index contributed by atoms with van der Waals surface area (Å²) in [6, 6.07) is 15.5. The Morgan fingerprint density at radius 2 is 2.03 bits per heavy atom. The van der Waals surface area contributed by atoms with Crippen molar-refractivity contribution in [3.63, 3.8) is 0 Å². The van der Waals surface area contributed by atoms with Crippen molar-refractivity contribution >= 4 is 17.8 Å². The molecule has 1 aliphatic rings. The number of carbonyl (C=O) groups excluding carboxylic acids is 2. The number of anilines is 1. The molecule has 0 unspecified atom stereocenters. The van der Waals surface area contributed by atoms with E-state index in [1.807, 2.05) is 35.9 Å². The van der Waals surface area contributed by atoms with E-state index in [0.717, 1.165) is 23.4 Å². The first-order valence-corrected chi connectivity index (χ1v) is 12.1. The second kappa shape index (κ2) is 10.6. The standard InChI is InChI=1S/C29H25FN6O2/c1-36-24-11-12-32-28(38)22(24)15-25(36)27-21(17-34-29(31)35-27)10-9-18-5-4-6-19(13-18)14-26(37)33-16-20-7-2-3-8-23(20)30/h2-8,13,15,17H,11-12,14,16H2,1H3,(H,32,38)(H,33,37)(H2,31,34,35). The third-order valence-corrected chi connectivity index (χ3v) is 6.37. The lowest BCUT2D eigenvalue weighted by molar-refractivity contribution is -0.120. The summed E-state index contributed by atoms with van der Waals surface area (Å²) in [7, 11) is 1.89. The molecule has 0 spiro atoms. The van der Waals surface area contributed by atoms with Crippen molar-refractivity contribution in [3.05, 3.63) is 100 Å². The predicted molar refractivity (Wildman–Crippen MR) is 141 cm³/mol. The van der Waals surface area contributed by atoms with Gasteiger partial charge in [0.2, 0.25) is 11.9 Å². The number of amides is 2. The molecule has 9 heteroatoms. The molecule has 1 aliphatic heterocycles. The Kier molecular flexibility index (Phi) is 6.87. The summed E-state index contributed by atoms with van der Waals surface area (Å²) in [4.78, 5) is 33.3. The number of hydrogen-bond acceptors (Lipinski definition) is 5. The number of nitrogens with zero attached hydrogens (tertiary/aromatic N) is 3. The van der Waals surface area contributed by atoms with E-state index >= 15 is 0 Å². The Morgan fingerprint density at radius 1 is 1.18 bits per heavy atom. The minimum Gasteiger partial charge on any atom is -0.368 e. The fraction of sp³-hybridized carbons (Fsp3) is 0.172. The molecule has 0 aliphatic carbocycles. The van der Waals surface area contributed by atoms with E-state index in [4.69, 9.17) is 5.73 Å². The zero-order valence-corrected chi connectivity index (χ0v) is 20.7. The van der Waals surface area contributed by atoms with Crippen molar-refractivity contribution in [1.82, 2.24) is 25.2 Å². The minimum absolute atomic E-state index is 0.109. The van der Waals surface area contributed by atoms with Crippen LogP contribution in [0.5, 0.6) is 0 Å². The van der Waals surface area contributed by atoms with Crippen LogP contribution in [0.4, 0.5) is 10.3 Å². The maximum absolute atomic E-state index is 13.8. The molecule has 0 saturated carbocycles. The molecule has 3 heterocycles. The summed E-state index contributed by atoms with van der Waals surface area (Å²) in [6.45, 7) is 0.703. The summed E-state index contributed by atoms with van der Waals surface area (Å²) in [5.41, 5.74) is 11.2. The first-order chi connectivity index (χ1) is 18.4. The molecule has 0 atom stereocenters. The number of rotatable bonds is 5. The highest BCUT2D eigenvalue weighted by atomic mass is 19.1. The average molecular weight is 509 g/mol. The van der Waals surface area contributed by atoms with E-state index in [9.17, 15) is 14.0 Å². The van der Waals surface area contributed by atoms with Gasteiger partial charge in [-0.2, -0.15) is 0 Å². The molecular weight excluding hydrogens is 483 g/mol. The monoisotopic (exact) mass is 508 g/mol. The van der Waals surface area contributed by atoms with E-state index in [2.05, 4.69) is 32.4 Å². The first kappa shape index (κ1) is 24.7. The largest absolute Gasteiger partial charge is 0.368 e. The number of carbonyl (C=O) groups is 2. The van der Waals surface area contributed by atoms with Crippen LogP contribution in [-0.2, 0) is 31.2 Å². The summed E-state index contributed by atoms with van der Waals surface area (Å²) >= 11 is 0. The van der Waals surface area contributed by atoms with Gasteiger partial charge in [-0.1, -0.05) is 42.2 Å². The highest BCUT2D eigenvalue weighted by Gasteiger charge is 2.24. The van der Waals surface area contributed by atoms with Gasteiger partial charge in [-0.05, 0) is 29.8 Å². The molecule has 190 valence electrons. The number of hydrogen-bond donors (Lipinski definition) is 3. The lowest BCUT2D eigenvalue weighted by Gasteiger charge is -2.14. The van der Waals surface area contributed by atoms with Gasteiger partial charge in [-0.25, -0.2) is 14.4 Å². The Bertz CT molecular complexity index is 1620. The van der Waals surface area contributed by atoms with Crippen LogP contribution in [0.3, 0.4) is 0 Å². The normalized spacial score (nSPS) is 12.2. The van der Waals surface area contributed by atoms with Crippen LogP contribution < -0.4 is 16.4 Å². The number of benzene rings is 2. The van der Waals surface area contributed by atoms with Crippen molar-refractivity contribution < 1.29 is 14.0 Å². The molecule has 2 aromatic heterocycles. The number of aromatic nitrogens is 3. The second-order valence-corrected chi connectivity index (χ2v) is 8.94. The van der Waals surface area contributed by atoms with Gasteiger partial charge < -0.3 is 20.9 Å². The molecule has 8 nitrogen and oxygen atoms in total. The number of fused-ring (bicyclic) bond motifs is 1. The zero-order chi connectivity index (χ0) is 26.6. The molecule has 0 fully saturated rings. The van der Waals surface area contributed by atoms with Crippen molar-refractivity contribution in [3.8, 4) is 23.2 Å². The summed E-state index contributed by atoms with van der Waals surface area (Å²) < 4.78 is 15.7. The molecule has 4 aromatic rings. The number of nitrogens with one attached hydrogen (secondary N) is 2. The van der Waals surface area contributed by atoms with E-state index in [-0.39, 0.29) is 36.5 Å².